The molecule has 13 heteroatoms. The highest BCUT2D eigenvalue weighted by Crippen LogP contribution is 2.37. The summed E-state index contributed by atoms with van der Waals surface area (Å²) >= 11 is 0. The lowest BCUT2D eigenvalue weighted by atomic mass is 10.2. The Balaban J connectivity index is 2.24. The van der Waals surface area contributed by atoms with E-state index in [4.69, 9.17) is 14.5 Å². The minimum absolute atomic E-state index is 0.0314. The van der Waals surface area contributed by atoms with Gasteiger partial charge in [-0.1, -0.05) is 0 Å². The van der Waals surface area contributed by atoms with Crippen LogP contribution in [0.3, 0.4) is 0 Å². The molecule has 0 radical (unpaired) electrons. The molecule has 0 aliphatic carbocycles. The van der Waals surface area contributed by atoms with Crippen LogP contribution in [-0.2, 0) is 10.7 Å². The minimum atomic E-state index is -4.56. The van der Waals surface area contributed by atoms with Crippen LogP contribution in [0.2, 0.25) is 0 Å². The summed E-state index contributed by atoms with van der Waals surface area (Å²) in [4.78, 5) is 31.4. The SMILES string of the molecule is O=[N+]([O-])c1ccc(Oc2ccc(C(F)(F)F)cn2)cc1NCP(=O)(O)O. The second-order valence-electron chi connectivity index (χ2n) is 4.92. The summed E-state index contributed by atoms with van der Waals surface area (Å²) < 4.78 is 53.6. The predicted octanol–water partition coefficient (Wildman–Crippen LogP) is 3.35. The van der Waals surface area contributed by atoms with E-state index in [1.807, 2.05) is 0 Å². The van der Waals surface area contributed by atoms with Crippen LogP contribution in [0.15, 0.2) is 36.5 Å². The monoisotopic (exact) mass is 393 g/mol. The predicted molar refractivity (Wildman–Crippen MR) is 82.9 cm³/mol. The lowest BCUT2D eigenvalue weighted by Gasteiger charge is -2.11. The largest absolute Gasteiger partial charge is 0.439 e. The van der Waals surface area contributed by atoms with Gasteiger partial charge in [0.15, 0.2) is 0 Å². The van der Waals surface area contributed by atoms with Crippen LogP contribution in [0.1, 0.15) is 5.56 Å². The number of nitrogens with one attached hydrogen (secondary N) is 1. The van der Waals surface area contributed by atoms with E-state index in [2.05, 4.69) is 10.3 Å². The fourth-order valence-electron chi connectivity index (χ4n) is 1.80. The number of nitro benzene ring substituents is 1. The number of halogens is 3. The number of ether oxygens (including phenoxy) is 1. The first-order chi connectivity index (χ1) is 12.0. The molecule has 0 aliphatic rings. The molecule has 26 heavy (non-hydrogen) atoms. The van der Waals surface area contributed by atoms with Gasteiger partial charge >= 0.3 is 13.8 Å². The third-order valence-electron chi connectivity index (χ3n) is 2.93. The average molecular weight is 393 g/mol. The molecule has 0 spiro atoms. The molecule has 1 aromatic heterocycles. The third kappa shape index (κ3) is 5.41. The van der Waals surface area contributed by atoms with E-state index in [1.54, 1.807) is 0 Å². The van der Waals surface area contributed by atoms with Crippen molar-refractivity contribution in [2.75, 3.05) is 11.6 Å². The first-order valence-corrected chi connectivity index (χ1v) is 8.53. The molecule has 0 bridgehead atoms. The highest BCUT2D eigenvalue weighted by Gasteiger charge is 2.30. The van der Waals surface area contributed by atoms with Crippen LogP contribution in [0.5, 0.6) is 11.6 Å². The molecular formula is C13H11F3N3O6P. The Morgan fingerprint density at radius 1 is 1.27 bits per heavy atom. The van der Waals surface area contributed by atoms with Gasteiger partial charge in [0.05, 0.1) is 10.5 Å². The van der Waals surface area contributed by atoms with Crippen LogP contribution in [0, 0.1) is 10.1 Å². The average Bonchev–Trinajstić information content (AvgIpc) is 2.52. The van der Waals surface area contributed by atoms with Gasteiger partial charge in [-0.3, -0.25) is 14.7 Å². The van der Waals surface area contributed by atoms with Crippen molar-refractivity contribution in [3.63, 3.8) is 0 Å². The van der Waals surface area contributed by atoms with Crippen molar-refractivity contribution in [2.45, 2.75) is 6.18 Å². The number of pyridine rings is 1. The molecule has 0 atom stereocenters. The first-order valence-electron chi connectivity index (χ1n) is 6.74. The van der Waals surface area contributed by atoms with Crippen LogP contribution in [-0.4, -0.2) is 26.0 Å². The molecule has 2 rings (SSSR count). The van der Waals surface area contributed by atoms with Crippen molar-refractivity contribution < 1.29 is 37.2 Å². The van der Waals surface area contributed by atoms with Gasteiger partial charge in [0.2, 0.25) is 5.88 Å². The number of aromatic nitrogens is 1. The van der Waals surface area contributed by atoms with E-state index < -0.39 is 36.2 Å². The molecule has 3 N–H and O–H groups in total. The Morgan fingerprint density at radius 2 is 1.96 bits per heavy atom. The number of anilines is 1. The van der Waals surface area contributed by atoms with Gasteiger partial charge in [0.25, 0.3) is 5.69 Å². The highest BCUT2D eigenvalue weighted by molar-refractivity contribution is 7.51. The van der Waals surface area contributed by atoms with Gasteiger partial charge in [-0.05, 0) is 12.1 Å². The Labute approximate surface area is 143 Å². The molecule has 0 unspecified atom stereocenters. The van der Waals surface area contributed by atoms with Gasteiger partial charge in [0.1, 0.15) is 17.7 Å². The van der Waals surface area contributed by atoms with Gasteiger partial charge < -0.3 is 19.8 Å². The quantitative estimate of drug-likeness (QED) is 0.386. The molecule has 1 aromatic carbocycles. The maximum absolute atomic E-state index is 12.5. The topological polar surface area (TPSA) is 135 Å². The zero-order valence-corrected chi connectivity index (χ0v) is 13.6. The van der Waals surface area contributed by atoms with E-state index in [-0.39, 0.29) is 17.3 Å². The number of hydrogen-bond donors (Lipinski definition) is 3. The number of rotatable bonds is 6. The number of hydrogen-bond acceptors (Lipinski definition) is 6. The fraction of sp³-hybridized carbons (Fsp3) is 0.154. The Hall–Kier alpha value is -2.69. The molecule has 0 amide bonds. The lowest BCUT2D eigenvalue weighted by Crippen LogP contribution is -2.06. The molecule has 2 aromatic rings. The molecular weight excluding hydrogens is 382 g/mol. The van der Waals surface area contributed by atoms with Crippen LogP contribution in [0.25, 0.3) is 0 Å². The summed E-state index contributed by atoms with van der Waals surface area (Å²) in [6.45, 7) is 0. The smallest absolute Gasteiger partial charge is 0.417 e. The Kier molecular flexibility index (Phi) is 5.50. The van der Waals surface area contributed by atoms with E-state index in [0.717, 1.165) is 24.3 Å². The van der Waals surface area contributed by atoms with E-state index >= 15 is 0 Å². The van der Waals surface area contributed by atoms with Crippen LogP contribution >= 0.6 is 7.60 Å². The fourth-order valence-corrected chi connectivity index (χ4v) is 2.17. The number of alkyl halides is 3. The van der Waals surface area contributed by atoms with E-state index in [1.165, 1.54) is 6.07 Å². The number of nitro groups is 1. The normalized spacial score (nSPS) is 11.9. The van der Waals surface area contributed by atoms with Gasteiger partial charge in [-0.15, -0.1) is 0 Å². The molecule has 0 saturated carbocycles. The van der Waals surface area contributed by atoms with Gasteiger partial charge in [-0.2, -0.15) is 13.2 Å². The van der Waals surface area contributed by atoms with Crippen molar-refractivity contribution in [3.05, 3.63) is 52.2 Å². The van der Waals surface area contributed by atoms with E-state index in [0.29, 0.717) is 6.20 Å². The third-order valence-corrected chi connectivity index (χ3v) is 3.50. The second kappa shape index (κ2) is 7.28. The molecule has 9 nitrogen and oxygen atoms in total. The van der Waals surface area contributed by atoms with Crippen LogP contribution in [0.4, 0.5) is 24.5 Å². The first kappa shape index (κ1) is 19.6. The maximum Gasteiger partial charge on any atom is 0.417 e. The summed E-state index contributed by atoms with van der Waals surface area (Å²) in [5, 5.41) is 13.2. The molecule has 0 aliphatic heterocycles. The molecule has 0 fully saturated rings. The lowest BCUT2D eigenvalue weighted by molar-refractivity contribution is -0.384. The maximum atomic E-state index is 12.5. The molecule has 1 heterocycles. The standard InChI is InChI=1S/C13H11F3N3O6P/c14-13(15,16)8-1-4-12(17-6-8)25-9-2-3-11(19(20)21)10(5-9)18-7-26(22,23)24/h1-6,18H,7H2,(H2,22,23,24). The summed E-state index contributed by atoms with van der Waals surface area (Å²) in [6, 6.07) is 4.97. The molecule has 0 saturated heterocycles. The van der Waals surface area contributed by atoms with Gasteiger partial charge in [0, 0.05) is 24.4 Å². The summed E-state index contributed by atoms with van der Waals surface area (Å²) in [5.41, 5.74) is -1.67. The number of nitrogens with zero attached hydrogens (tertiary/aromatic N) is 2. The van der Waals surface area contributed by atoms with Gasteiger partial charge in [-0.25, -0.2) is 4.98 Å². The van der Waals surface area contributed by atoms with Crippen molar-refractivity contribution in [3.8, 4) is 11.6 Å². The molecule has 140 valence electrons. The number of benzene rings is 1. The van der Waals surface area contributed by atoms with E-state index in [9.17, 15) is 27.9 Å². The zero-order chi connectivity index (χ0) is 19.5. The highest BCUT2D eigenvalue weighted by atomic mass is 31.2. The summed E-state index contributed by atoms with van der Waals surface area (Å²) in [6.07, 6.45) is -4.85. The second-order valence-corrected chi connectivity index (χ2v) is 6.57. The van der Waals surface area contributed by atoms with Crippen molar-refractivity contribution in [1.82, 2.24) is 4.98 Å². The summed E-state index contributed by atoms with van der Waals surface area (Å²) in [5.74, 6) is -0.233. The summed E-state index contributed by atoms with van der Waals surface area (Å²) in [7, 11) is -4.48. The minimum Gasteiger partial charge on any atom is -0.439 e. The Morgan fingerprint density at radius 3 is 2.46 bits per heavy atom. The van der Waals surface area contributed by atoms with Crippen LogP contribution < -0.4 is 10.1 Å². The van der Waals surface area contributed by atoms with Crippen molar-refractivity contribution in [2.24, 2.45) is 0 Å². The zero-order valence-electron chi connectivity index (χ0n) is 12.7. The van der Waals surface area contributed by atoms with Crippen molar-refractivity contribution in [1.29, 1.82) is 0 Å². The van der Waals surface area contributed by atoms with Crippen molar-refractivity contribution >= 4 is 19.0 Å². The Bertz CT molecular complexity index is 853.